The largest absolute Gasteiger partial charge is 1.00 e. The summed E-state index contributed by atoms with van der Waals surface area (Å²) < 4.78 is 0. The molecule has 0 aromatic carbocycles. The molecule has 0 bridgehead atoms. The van der Waals surface area contributed by atoms with Crippen LogP contribution in [0.2, 0.25) is 0 Å². The Morgan fingerprint density at radius 3 is 1.50 bits per heavy atom. The van der Waals surface area contributed by atoms with Crippen molar-refractivity contribution in [3.63, 3.8) is 0 Å². The zero-order valence-electron chi connectivity index (χ0n) is 3.76. The first kappa shape index (κ1) is 9.61. The van der Waals surface area contributed by atoms with E-state index in [1.54, 1.807) is 0 Å². The number of halogens is 2. The molecule has 0 radical (unpaired) electrons. The first-order chi connectivity index (χ1) is 1.41. The molecule has 0 aliphatic heterocycles. The first-order valence-electron chi connectivity index (χ1n) is 0.228. The smallest absolute Gasteiger partial charge is 1.00 e. The van der Waals surface area contributed by atoms with Gasteiger partial charge in [-0.15, -0.1) is 0 Å². The van der Waals surface area contributed by atoms with Crippen molar-refractivity contribution in [2.75, 3.05) is 0 Å². The Balaban J connectivity index is -0.00000000667. The standard InChI is InChI=1S/Ca.2ClH.Cu.2H/h;2*1H;;;/q+2;;;+2;2*-1/p-2. The summed E-state index contributed by atoms with van der Waals surface area (Å²) in [6.07, 6.45) is 0. The van der Waals surface area contributed by atoms with Crippen LogP contribution in [0.5, 0.6) is 0 Å². The number of hydrogen-bond acceptors (Lipinski definition) is 0. The molecule has 0 fully saturated rings. The van der Waals surface area contributed by atoms with Gasteiger partial charge in [-0.2, -0.15) is 0 Å². The Morgan fingerprint density at radius 2 is 1.50 bits per heavy atom. The van der Waals surface area contributed by atoms with Crippen LogP contribution in [0.4, 0.5) is 0 Å². The fourth-order valence-corrected chi connectivity index (χ4v) is 0. The van der Waals surface area contributed by atoms with Crippen LogP contribution < -0.4 is 0 Å². The normalized spacial score (nSPS) is 5.50. The fourth-order valence-electron chi connectivity index (χ4n) is 0. The number of hydrogen-bond donors (Lipinski definition) is 0. The molecular formula is H2CaCl2Cu. The predicted molar refractivity (Wildman–Crippen MR) is 19.7 cm³/mol. The van der Waals surface area contributed by atoms with E-state index in [0.717, 1.165) is 13.1 Å². The van der Waals surface area contributed by atoms with Crippen molar-refractivity contribution >= 4 is 57.9 Å². The van der Waals surface area contributed by atoms with E-state index in [0.29, 0.717) is 0 Å². The maximum atomic E-state index is 4.67. The topological polar surface area (TPSA) is 0 Å². The Morgan fingerprint density at radius 1 is 1.50 bits per heavy atom. The van der Waals surface area contributed by atoms with Gasteiger partial charge in [0, 0.05) is 0 Å². The summed E-state index contributed by atoms with van der Waals surface area (Å²) in [6.45, 7) is 0. The summed E-state index contributed by atoms with van der Waals surface area (Å²) in [6, 6.07) is 0. The molecule has 0 N–H and O–H groups in total. The summed E-state index contributed by atoms with van der Waals surface area (Å²) in [5.41, 5.74) is 0. The molecule has 0 rings (SSSR count). The Kier molecular flexibility index (Phi) is 21.7. The third kappa shape index (κ3) is 8.84. The van der Waals surface area contributed by atoms with Gasteiger partial charge in [0.1, 0.15) is 0 Å². The van der Waals surface area contributed by atoms with Crippen molar-refractivity contribution < 1.29 is 16.0 Å². The first-order valence-corrected chi connectivity index (χ1v) is 2.82. The van der Waals surface area contributed by atoms with E-state index in [1.165, 1.54) is 0 Å². The van der Waals surface area contributed by atoms with Crippen molar-refractivity contribution in [1.29, 1.82) is 0 Å². The van der Waals surface area contributed by atoms with Crippen LogP contribution in [0, 0.1) is 0 Å². The van der Waals surface area contributed by atoms with E-state index in [4.69, 9.17) is 0 Å². The average molecular weight is 177 g/mol. The van der Waals surface area contributed by atoms with E-state index in [1.807, 2.05) is 0 Å². The van der Waals surface area contributed by atoms with Gasteiger partial charge in [-0.1, -0.05) is 0 Å². The molecular weight excluding hydrogens is 175 g/mol. The van der Waals surface area contributed by atoms with Crippen LogP contribution in [-0.4, -0.2) is 37.7 Å². The van der Waals surface area contributed by atoms with Gasteiger partial charge in [-0.3, -0.25) is 0 Å². The molecule has 0 aliphatic carbocycles. The third-order valence-corrected chi connectivity index (χ3v) is 0. The molecule has 0 saturated carbocycles. The van der Waals surface area contributed by atoms with Crippen molar-refractivity contribution in [3.8, 4) is 0 Å². The van der Waals surface area contributed by atoms with Crippen LogP contribution in [0.1, 0.15) is 2.85 Å². The Hall–Kier alpha value is 2.36. The fraction of sp³-hybridized carbons (Fsp3) is 0. The number of rotatable bonds is 0. The maximum Gasteiger partial charge on any atom is -1.00 e. The Labute approximate surface area is 72.8 Å². The van der Waals surface area contributed by atoms with E-state index in [2.05, 4.69) is 20.2 Å². The molecule has 0 nitrogen and oxygen atoms in total. The molecule has 29 valence electrons. The van der Waals surface area contributed by atoms with Gasteiger partial charge >= 0.3 is 71.1 Å². The van der Waals surface area contributed by atoms with Crippen molar-refractivity contribution in [1.82, 2.24) is 0 Å². The van der Waals surface area contributed by atoms with Crippen molar-refractivity contribution in [2.45, 2.75) is 0 Å². The van der Waals surface area contributed by atoms with Gasteiger partial charge < -0.3 is 2.85 Å². The van der Waals surface area contributed by atoms with E-state index in [9.17, 15) is 0 Å². The minimum absolute atomic E-state index is 0. The summed E-state index contributed by atoms with van der Waals surface area (Å²) in [4.78, 5) is 0. The third-order valence-electron chi connectivity index (χ3n) is 0. The summed E-state index contributed by atoms with van der Waals surface area (Å²) in [5, 5.41) is 0. The van der Waals surface area contributed by atoms with Crippen molar-refractivity contribution in [3.05, 3.63) is 0 Å². The molecule has 4 heteroatoms. The van der Waals surface area contributed by atoms with Gasteiger partial charge in [0.05, 0.1) is 0 Å². The van der Waals surface area contributed by atoms with Crippen molar-refractivity contribution in [2.24, 2.45) is 0 Å². The predicted octanol–water partition coefficient (Wildman–Crippen LogP) is 1.22. The monoisotopic (exact) mass is 175 g/mol. The maximum absolute atomic E-state index is 4.67. The van der Waals surface area contributed by atoms with E-state index in [-0.39, 0.29) is 40.6 Å². The molecule has 0 unspecified atom stereocenters. The molecule has 0 atom stereocenters. The average Bonchev–Trinajstić information content (AvgIpc) is 0.918. The molecule has 0 aromatic rings. The summed E-state index contributed by atoms with van der Waals surface area (Å²) in [5.74, 6) is 0. The van der Waals surface area contributed by atoms with Crippen LogP contribution >= 0.6 is 20.2 Å². The van der Waals surface area contributed by atoms with Crippen LogP contribution in [0.25, 0.3) is 0 Å². The van der Waals surface area contributed by atoms with Crippen LogP contribution in [-0.2, 0) is 13.1 Å². The molecule has 0 spiro atoms. The summed E-state index contributed by atoms with van der Waals surface area (Å²) in [7, 11) is 9.34. The van der Waals surface area contributed by atoms with Gasteiger partial charge in [-0.05, 0) is 0 Å². The zero-order chi connectivity index (χ0) is 2.71. The minimum atomic E-state index is 0. The van der Waals surface area contributed by atoms with Gasteiger partial charge in [0.2, 0.25) is 0 Å². The molecule has 4 heavy (non-hydrogen) atoms. The zero-order valence-corrected chi connectivity index (χ0v) is 6.43. The van der Waals surface area contributed by atoms with Gasteiger partial charge in [0.25, 0.3) is 0 Å². The minimum Gasteiger partial charge on any atom is -1.00 e. The molecule has 0 amide bonds. The molecule has 0 saturated heterocycles. The van der Waals surface area contributed by atoms with Gasteiger partial charge in [0.15, 0.2) is 0 Å². The molecule has 0 heterocycles. The second kappa shape index (κ2) is 9.02. The molecule has 0 aliphatic rings. The Bertz CT molecular complexity index is 11.5. The van der Waals surface area contributed by atoms with Gasteiger partial charge in [-0.25, -0.2) is 0 Å². The second-order valence-electron chi connectivity index (χ2n) is 0.0431. The summed E-state index contributed by atoms with van der Waals surface area (Å²) >= 11 is 0.757. The second-order valence-corrected chi connectivity index (χ2v) is 1.60. The van der Waals surface area contributed by atoms with Crippen LogP contribution in [0.15, 0.2) is 0 Å². The quantitative estimate of drug-likeness (QED) is 0.487. The van der Waals surface area contributed by atoms with E-state index >= 15 is 0 Å². The SMILES string of the molecule is [Ca+2].[Cl][Cu][Cl].[H-].[H-]. The van der Waals surface area contributed by atoms with E-state index < -0.39 is 0 Å². The molecule has 0 aromatic heterocycles. The van der Waals surface area contributed by atoms with Crippen LogP contribution in [0.3, 0.4) is 0 Å².